The van der Waals surface area contributed by atoms with Crippen molar-refractivity contribution in [1.82, 2.24) is 15.0 Å². The van der Waals surface area contributed by atoms with Gasteiger partial charge in [0.2, 0.25) is 0 Å². The van der Waals surface area contributed by atoms with Crippen LogP contribution >= 0.6 is 11.3 Å². The molecule has 0 saturated heterocycles. The number of anilines is 1. The van der Waals surface area contributed by atoms with E-state index in [4.69, 9.17) is 10.5 Å². The van der Waals surface area contributed by atoms with Gasteiger partial charge in [-0.15, -0.1) is 0 Å². The number of nitrogens with one attached hydrogen (secondary N) is 1. The molecular formula is C17H14N4OS. The van der Waals surface area contributed by atoms with E-state index in [1.54, 1.807) is 24.6 Å². The minimum atomic E-state index is 0.454. The first-order valence-corrected chi connectivity index (χ1v) is 8.01. The fourth-order valence-electron chi connectivity index (χ4n) is 2.49. The molecule has 6 heteroatoms. The van der Waals surface area contributed by atoms with Crippen molar-refractivity contribution >= 4 is 28.2 Å². The Bertz CT molecular complexity index is 976. The smallest absolute Gasteiger partial charge is 0.142 e. The van der Waals surface area contributed by atoms with Crippen LogP contribution in [0.15, 0.2) is 47.3 Å². The quantitative estimate of drug-likeness (QED) is 0.599. The van der Waals surface area contributed by atoms with Crippen LogP contribution in [-0.4, -0.2) is 22.1 Å². The zero-order valence-corrected chi connectivity index (χ0v) is 13.2. The van der Waals surface area contributed by atoms with E-state index >= 15 is 0 Å². The van der Waals surface area contributed by atoms with Crippen LogP contribution in [0.1, 0.15) is 0 Å². The van der Waals surface area contributed by atoms with Crippen molar-refractivity contribution in [1.29, 1.82) is 0 Å². The summed E-state index contributed by atoms with van der Waals surface area (Å²) >= 11 is 1.65. The monoisotopic (exact) mass is 322 g/mol. The molecule has 1 aromatic carbocycles. The SMILES string of the molecule is COc1ccc2nc(-c3cc(-c4ccsc4)cnc3N)[nH]c2c1. The molecule has 0 bridgehead atoms. The van der Waals surface area contributed by atoms with Crippen molar-refractivity contribution in [2.45, 2.75) is 0 Å². The van der Waals surface area contributed by atoms with Crippen molar-refractivity contribution < 1.29 is 4.74 Å². The second kappa shape index (κ2) is 5.40. The van der Waals surface area contributed by atoms with E-state index in [-0.39, 0.29) is 0 Å². The van der Waals surface area contributed by atoms with E-state index < -0.39 is 0 Å². The van der Waals surface area contributed by atoms with Crippen LogP contribution in [0.3, 0.4) is 0 Å². The fourth-order valence-corrected chi connectivity index (χ4v) is 3.16. The lowest BCUT2D eigenvalue weighted by molar-refractivity contribution is 0.415. The van der Waals surface area contributed by atoms with Crippen LogP contribution in [0.25, 0.3) is 33.5 Å². The second-order valence-electron chi connectivity index (χ2n) is 5.14. The summed E-state index contributed by atoms with van der Waals surface area (Å²) in [6, 6.07) is 9.79. The number of aromatic nitrogens is 3. The van der Waals surface area contributed by atoms with Crippen LogP contribution in [-0.2, 0) is 0 Å². The molecule has 3 heterocycles. The zero-order chi connectivity index (χ0) is 15.8. The van der Waals surface area contributed by atoms with Gasteiger partial charge in [0.25, 0.3) is 0 Å². The number of benzene rings is 1. The molecule has 23 heavy (non-hydrogen) atoms. The Hall–Kier alpha value is -2.86. The van der Waals surface area contributed by atoms with Gasteiger partial charge in [-0.25, -0.2) is 9.97 Å². The first kappa shape index (κ1) is 13.8. The van der Waals surface area contributed by atoms with Gasteiger partial charge in [-0.3, -0.25) is 0 Å². The van der Waals surface area contributed by atoms with Crippen molar-refractivity contribution in [3.63, 3.8) is 0 Å². The number of pyridine rings is 1. The van der Waals surface area contributed by atoms with Gasteiger partial charge in [0.15, 0.2) is 0 Å². The topological polar surface area (TPSA) is 76.8 Å². The molecule has 4 aromatic rings. The van der Waals surface area contributed by atoms with Crippen molar-refractivity contribution in [2.75, 3.05) is 12.8 Å². The highest BCUT2D eigenvalue weighted by molar-refractivity contribution is 7.08. The molecule has 0 aliphatic carbocycles. The van der Waals surface area contributed by atoms with Crippen molar-refractivity contribution in [2.24, 2.45) is 0 Å². The van der Waals surface area contributed by atoms with Gasteiger partial charge < -0.3 is 15.5 Å². The third kappa shape index (κ3) is 2.43. The molecule has 3 aromatic heterocycles. The van der Waals surface area contributed by atoms with Crippen molar-refractivity contribution in [3.8, 4) is 28.3 Å². The summed E-state index contributed by atoms with van der Waals surface area (Å²) in [7, 11) is 1.64. The lowest BCUT2D eigenvalue weighted by Crippen LogP contribution is -1.95. The van der Waals surface area contributed by atoms with E-state index in [0.29, 0.717) is 11.6 Å². The number of nitrogens with two attached hydrogens (primary N) is 1. The largest absolute Gasteiger partial charge is 0.497 e. The van der Waals surface area contributed by atoms with E-state index in [1.807, 2.05) is 29.6 Å². The Kier molecular flexibility index (Phi) is 3.24. The Morgan fingerprint density at radius 2 is 2.09 bits per heavy atom. The number of hydrogen-bond donors (Lipinski definition) is 2. The third-order valence-corrected chi connectivity index (χ3v) is 4.40. The molecule has 0 fully saturated rings. The molecule has 114 valence electrons. The highest BCUT2D eigenvalue weighted by atomic mass is 32.1. The summed E-state index contributed by atoms with van der Waals surface area (Å²) in [5, 5.41) is 4.12. The molecule has 0 atom stereocenters. The number of hydrogen-bond acceptors (Lipinski definition) is 5. The average Bonchev–Trinajstić information content (AvgIpc) is 3.24. The Morgan fingerprint density at radius 3 is 2.87 bits per heavy atom. The number of imidazole rings is 1. The van der Waals surface area contributed by atoms with Crippen molar-refractivity contribution in [3.05, 3.63) is 47.3 Å². The summed E-state index contributed by atoms with van der Waals surface area (Å²) in [6.45, 7) is 0. The second-order valence-corrected chi connectivity index (χ2v) is 5.92. The number of rotatable bonds is 3. The van der Waals surface area contributed by atoms with E-state index in [0.717, 1.165) is 33.5 Å². The molecule has 0 spiro atoms. The summed E-state index contributed by atoms with van der Waals surface area (Å²) in [5.41, 5.74) is 10.8. The number of fused-ring (bicyclic) bond motifs is 1. The zero-order valence-electron chi connectivity index (χ0n) is 12.4. The first-order chi connectivity index (χ1) is 11.2. The molecule has 0 radical (unpaired) electrons. The van der Waals surface area contributed by atoms with Gasteiger partial charge in [-0.2, -0.15) is 11.3 Å². The summed E-state index contributed by atoms with van der Waals surface area (Å²) in [4.78, 5) is 12.2. The molecule has 0 amide bonds. The van der Waals surface area contributed by atoms with Crippen LogP contribution in [0.2, 0.25) is 0 Å². The fraction of sp³-hybridized carbons (Fsp3) is 0.0588. The maximum absolute atomic E-state index is 6.06. The van der Waals surface area contributed by atoms with Crippen LogP contribution in [0.4, 0.5) is 5.82 Å². The number of methoxy groups -OCH3 is 1. The number of nitrogens with zero attached hydrogens (tertiary/aromatic N) is 2. The highest BCUT2D eigenvalue weighted by Gasteiger charge is 2.12. The maximum Gasteiger partial charge on any atom is 0.142 e. The van der Waals surface area contributed by atoms with Gasteiger partial charge in [0.05, 0.1) is 23.7 Å². The molecule has 0 saturated carbocycles. The van der Waals surface area contributed by atoms with E-state index in [2.05, 4.69) is 26.4 Å². The van der Waals surface area contributed by atoms with E-state index in [9.17, 15) is 0 Å². The molecule has 0 aliphatic heterocycles. The minimum Gasteiger partial charge on any atom is -0.497 e. The van der Waals surface area contributed by atoms with Gasteiger partial charge in [-0.05, 0) is 40.6 Å². The van der Waals surface area contributed by atoms with Gasteiger partial charge in [0, 0.05) is 17.8 Å². The number of aromatic amines is 1. The minimum absolute atomic E-state index is 0.454. The Morgan fingerprint density at radius 1 is 1.17 bits per heavy atom. The number of H-pyrrole nitrogens is 1. The summed E-state index contributed by atoms with van der Waals surface area (Å²) in [5.74, 6) is 1.94. The van der Waals surface area contributed by atoms with E-state index in [1.165, 1.54) is 0 Å². The Labute approximate surface area is 136 Å². The lowest BCUT2D eigenvalue weighted by Gasteiger charge is -2.04. The van der Waals surface area contributed by atoms with Crippen LogP contribution < -0.4 is 10.5 Å². The number of thiophene rings is 1. The molecule has 4 rings (SSSR count). The third-order valence-electron chi connectivity index (χ3n) is 3.72. The molecule has 3 N–H and O–H groups in total. The number of nitrogen functional groups attached to an aromatic ring is 1. The molecular weight excluding hydrogens is 308 g/mol. The number of ether oxygens (including phenoxy) is 1. The van der Waals surface area contributed by atoms with Gasteiger partial charge in [-0.1, -0.05) is 0 Å². The first-order valence-electron chi connectivity index (χ1n) is 7.07. The van der Waals surface area contributed by atoms with Crippen LogP contribution in [0.5, 0.6) is 5.75 Å². The summed E-state index contributed by atoms with van der Waals surface area (Å²) in [6.07, 6.45) is 1.78. The normalized spacial score (nSPS) is 11.0. The standard InChI is InChI=1S/C17H14N4OS/c1-22-12-2-3-14-15(7-12)21-17(20-14)13-6-11(8-19-16(13)18)10-4-5-23-9-10/h2-9H,1H3,(H2,18,19)(H,20,21). The van der Waals surface area contributed by atoms with Gasteiger partial charge >= 0.3 is 0 Å². The molecule has 0 aliphatic rings. The Balaban J connectivity index is 1.85. The van der Waals surface area contributed by atoms with Gasteiger partial charge in [0.1, 0.15) is 17.4 Å². The lowest BCUT2D eigenvalue weighted by atomic mass is 10.1. The summed E-state index contributed by atoms with van der Waals surface area (Å²) < 4.78 is 5.25. The molecule has 0 unspecified atom stereocenters. The maximum atomic E-state index is 6.06. The predicted molar refractivity (Wildman–Crippen MR) is 93.6 cm³/mol. The average molecular weight is 322 g/mol. The predicted octanol–water partition coefficient (Wildman–Crippen LogP) is 3.94. The van der Waals surface area contributed by atoms with Crippen LogP contribution in [0, 0.1) is 0 Å². The molecule has 5 nitrogen and oxygen atoms in total. The highest BCUT2D eigenvalue weighted by Crippen LogP contribution is 2.30.